The lowest BCUT2D eigenvalue weighted by molar-refractivity contribution is 0.0470. The van der Waals surface area contributed by atoms with Crippen molar-refractivity contribution in [1.29, 1.82) is 0 Å². The molecule has 184 valence electrons. The molecule has 1 aromatic heterocycles. The summed E-state index contributed by atoms with van der Waals surface area (Å²) in [6.07, 6.45) is 0. The summed E-state index contributed by atoms with van der Waals surface area (Å²) in [6.45, 7) is 5.72. The minimum absolute atomic E-state index is 0.115. The van der Waals surface area contributed by atoms with Gasteiger partial charge in [0, 0.05) is 31.6 Å². The topological polar surface area (TPSA) is 54.8 Å². The van der Waals surface area contributed by atoms with Crippen LogP contribution in [0.25, 0.3) is 10.9 Å². The average molecular weight is 482 g/mol. The molecule has 4 aromatic rings. The van der Waals surface area contributed by atoms with Gasteiger partial charge in [0.05, 0.1) is 17.7 Å². The number of anilines is 1. The Hall–Kier alpha value is -3.90. The molecule has 0 N–H and O–H groups in total. The summed E-state index contributed by atoms with van der Waals surface area (Å²) in [7, 11) is 2.09. The lowest BCUT2D eigenvalue weighted by Gasteiger charge is -2.35. The van der Waals surface area contributed by atoms with E-state index in [2.05, 4.69) is 22.9 Å². The van der Waals surface area contributed by atoms with Gasteiger partial charge >= 0.3 is 5.97 Å². The van der Waals surface area contributed by atoms with E-state index in [0.29, 0.717) is 12.2 Å². The Morgan fingerprint density at radius 3 is 2.17 bits per heavy atom. The van der Waals surface area contributed by atoms with Crippen LogP contribution in [-0.4, -0.2) is 48.7 Å². The number of aromatic nitrogens is 1. The Kier molecular flexibility index (Phi) is 6.87. The van der Waals surface area contributed by atoms with Crippen molar-refractivity contribution in [3.8, 4) is 0 Å². The molecular formula is C30H31N3O3. The van der Waals surface area contributed by atoms with E-state index in [1.54, 1.807) is 4.57 Å². The maximum Gasteiger partial charge on any atom is 0.346 e. The average Bonchev–Trinajstić information content (AvgIpc) is 2.90. The van der Waals surface area contributed by atoms with Crippen molar-refractivity contribution in [2.24, 2.45) is 0 Å². The van der Waals surface area contributed by atoms with Gasteiger partial charge in [-0.15, -0.1) is 0 Å². The van der Waals surface area contributed by atoms with Crippen LogP contribution in [0.5, 0.6) is 0 Å². The molecular weight excluding hydrogens is 450 g/mol. The number of esters is 1. The van der Waals surface area contributed by atoms with Gasteiger partial charge in [-0.3, -0.25) is 4.79 Å². The molecule has 0 atom stereocenters. The van der Waals surface area contributed by atoms with Gasteiger partial charge in [0.15, 0.2) is 0 Å². The summed E-state index contributed by atoms with van der Waals surface area (Å²) in [5.74, 6) is -0.581. The first kappa shape index (κ1) is 23.8. The van der Waals surface area contributed by atoms with E-state index in [-0.39, 0.29) is 17.7 Å². The number of hydrogen-bond donors (Lipinski definition) is 0. The van der Waals surface area contributed by atoms with Gasteiger partial charge in [-0.2, -0.15) is 0 Å². The van der Waals surface area contributed by atoms with Crippen molar-refractivity contribution < 1.29 is 9.53 Å². The highest BCUT2D eigenvalue weighted by atomic mass is 16.5. The van der Waals surface area contributed by atoms with Crippen LogP contribution in [0.15, 0.2) is 83.7 Å². The summed E-state index contributed by atoms with van der Waals surface area (Å²) in [5, 5.41) is 0.904. The van der Waals surface area contributed by atoms with E-state index in [9.17, 15) is 9.59 Å². The number of carbonyl (C=O) groups is 1. The van der Waals surface area contributed by atoms with Crippen LogP contribution < -0.4 is 10.5 Å². The molecule has 1 aliphatic rings. The van der Waals surface area contributed by atoms with Crippen molar-refractivity contribution in [3.63, 3.8) is 0 Å². The fraction of sp³-hybridized carbons (Fsp3) is 0.267. The highest BCUT2D eigenvalue weighted by molar-refractivity contribution is 6.05. The molecule has 0 spiro atoms. The number of rotatable bonds is 6. The molecule has 1 saturated heterocycles. The zero-order valence-electron chi connectivity index (χ0n) is 20.8. The van der Waals surface area contributed by atoms with E-state index >= 15 is 0 Å². The third-order valence-electron chi connectivity index (χ3n) is 6.81. The predicted molar refractivity (Wildman–Crippen MR) is 144 cm³/mol. The van der Waals surface area contributed by atoms with E-state index < -0.39 is 5.97 Å². The molecule has 0 amide bonds. The molecule has 0 aliphatic carbocycles. The van der Waals surface area contributed by atoms with Gasteiger partial charge in [-0.1, -0.05) is 72.3 Å². The SMILES string of the molecule is Cc1ccc2c(c1)c(N1CCN(C)CC1)c(C(=O)OCc1ccccc1)c(=O)n2Cc1ccccc1. The zero-order chi connectivity index (χ0) is 25.1. The second-order valence-electron chi connectivity index (χ2n) is 9.47. The Morgan fingerprint density at radius 2 is 1.50 bits per heavy atom. The summed E-state index contributed by atoms with van der Waals surface area (Å²) in [4.78, 5) is 32.1. The zero-order valence-corrected chi connectivity index (χ0v) is 20.8. The third kappa shape index (κ3) is 4.90. The van der Waals surface area contributed by atoms with Gasteiger partial charge in [0.2, 0.25) is 0 Å². The van der Waals surface area contributed by atoms with Crippen LogP contribution in [0.2, 0.25) is 0 Å². The molecule has 6 heteroatoms. The lowest BCUT2D eigenvalue weighted by atomic mass is 10.0. The van der Waals surface area contributed by atoms with Gasteiger partial charge in [0.25, 0.3) is 5.56 Å². The number of carbonyl (C=O) groups excluding carboxylic acids is 1. The Balaban J connectivity index is 1.67. The van der Waals surface area contributed by atoms with Crippen molar-refractivity contribution in [1.82, 2.24) is 9.47 Å². The first-order chi connectivity index (χ1) is 17.5. The van der Waals surface area contributed by atoms with Crippen LogP contribution in [0.1, 0.15) is 27.0 Å². The first-order valence-corrected chi connectivity index (χ1v) is 12.4. The van der Waals surface area contributed by atoms with Gasteiger partial charge in [-0.05, 0) is 37.2 Å². The number of benzene rings is 3. The number of pyridine rings is 1. The molecule has 6 nitrogen and oxygen atoms in total. The maximum atomic E-state index is 14.1. The molecule has 0 bridgehead atoms. The third-order valence-corrected chi connectivity index (χ3v) is 6.81. The number of ether oxygens (including phenoxy) is 1. The van der Waals surface area contributed by atoms with E-state index in [4.69, 9.17) is 4.74 Å². The molecule has 36 heavy (non-hydrogen) atoms. The molecule has 2 heterocycles. The fourth-order valence-corrected chi connectivity index (χ4v) is 4.82. The fourth-order valence-electron chi connectivity index (χ4n) is 4.82. The van der Waals surface area contributed by atoms with Crippen LogP contribution in [-0.2, 0) is 17.9 Å². The highest BCUT2D eigenvalue weighted by Gasteiger charge is 2.29. The number of aryl methyl sites for hydroxylation is 1. The van der Waals surface area contributed by atoms with Crippen molar-refractivity contribution >= 4 is 22.6 Å². The smallest absolute Gasteiger partial charge is 0.346 e. The van der Waals surface area contributed by atoms with E-state index in [0.717, 1.165) is 53.8 Å². The molecule has 0 radical (unpaired) electrons. The standard InChI is InChI=1S/C30H31N3O3/c1-22-13-14-26-25(19-22)28(32-17-15-31(2)16-18-32)27(30(35)36-21-24-11-7-4-8-12-24)29(34)33(26)20-23-9-5-3-6-10-23/h3-14,19H,15-18,20-21H2,1-2H3. The highest BCUT2D eigenvalue weighted by Crippen LogP contribution is 2.32. The molecule has 1 fully saturated rings. The number of hydrogen-bond acceptors (Lipinski definition) is 5. The number of likely N-dealkylation sites (N-methyl/N-ethyl adjacent to an activating group) is 1. The number of piperazine rings is 1. The van der Waals surface area contributed by atoms with Gasteiger partial charge in [0.1, 0.15) is 12.2 Å². The van der Waals surface area contributed by atoms with Crippen LogP contribution in [0.3, 0.4) is 0 Å². The Labute approximate surface area is 211 Å². The second kappa shape index (κ2) is 10.4. The van der Waals surface area contributed by atoms with Crippen molar-refractivity contribution in [2.45, 2.75) is 20.1 Å². The summed E-state index contributed by atoms with van der Waals surface area (Å²) >= 11 is 0. The monoisotopic (exact) mass is 481 g/mol. The molecule has 3 aromatic carbocycles. The van der Waals surface area contributed by atoms with Gasteiger partial charge in [-0.25, -0.2) is 4.79 Å². The summed E-state index contributed by atoms with van der Waals surface area (Å²) < 4.78 is 7.45. The quantitative estimate of drug-likeness (QED) is 0.381. The Morgan fingerprint density at radius 1 is 0.861 bits per heavy atom. The second-order valence-corrected chi connectivity index (χ2v) is 9.47. The molecule has 0 unspecified atom stereocenters. The van der Waals surface area contributed by atoms with Crippen LogP contribution in [0, 0.1) is 6.92 Å². The number of nitrogens with zero attached hydrogens (tertiary/aromatic N) is 3. The largest absolute Gasteiger partial charge is 0.457 e. The summed E-state index contributed by atoms with van der Waals surface area (Å²) in [5.41, 5.74) is 4.26. The van der Waals surface area contributed by atoms with Crippen LogP contribution in [0.4, 0.5) is 5.69 Å². The van der Waals surface area contributed by atoms with E-state index in [1.165, 1.54) is 0 Å². The predicted octanol–water partition coefficient (Wildman–Crippen LogP) is 4.47. The normalized spacial score (nSPS) is 14.2. The van der Waals surface area contributed by atoms with Crippen molar-refractivity contribution in [2.75, 3.05) is 38.1 Å². The number of fused-ring (bicyclic) bond motifs is 1. The Bertz CT molecular complexity index is 1420. The summed E-state index contributed by atoms with van der Waals surface area (Å²) in [6, 6.07) is 25.5. The first-order valence-electron chi connectivity index (χ1n) is 12.4. The minimum Gasteiger partial charge on any atom is -0.457 e. The maximum absolute atomic E-state index is 14.1. The van der Waals surface area contributed by atoms with Crippen LogP contribution >= 0.6 is 0 Å². The van der Waals surface area contributed by atoms with Gasteiger partial charge < -0.3 is 19.1 Å². The molecule has 0 saturated carbocycles. The lowest BCUT2D eigenvalue weighted by Crippen LogP contribution is -2.46. The minimum atomic E-state index is -0.581. The molecule has 1 aliphatic heterocycles. The van der Waals surface area contributed by atoms with Crippen molar-refractivity contribution in [3.05, 3.63) is 111 Å². The molecule has 5 rings (SSSR count). The van der Waals surface area contributed by atoms with E-state index in [1.807, 2.05) is 79.7 Å².